The Morgan fingerprint density at radius 3 is 2.70 bits per heavy atom. The second kappa shape index (κ2) is 6.33. The van der Waals surface area contributed by atoms with Crippen LogP contribution in [0.1, 0.15) is 24.1 Å². The summed E-state index contributed by atoms with van der Waals surface area (Å²) in [5.41, 5.74) is 6.57. The average Bonchev–Trinajstić information content (AvgIpc) is 2.43. The van der Waals surface area contributed by atoms with Gasteiger partial charge in [0, 0.05) is 6.04 Å². The minimum absolute atomic E-state index is 0.106. The highest BCUT2D eigenvalue weighted by Crippen LogP contribution is 2.24. The molecule has 0 amide bonds. The van der Waals surface area contributed by atoms with E-state index in [0.29, 0.717) is 5.75 Å². The lowest BCUT2D eigenvalue weighted by molar-refractivity contribution is 0.292. The molecule has 0 radical (unpaired) electrons. The van der Waals surface area contributed by atoms with Crippen LogP contribution in [0.25, 0.3) is 0 Å². The molecule has 0 saturated heterocycles. The lowest BCUT2D eigenvalue weighted by atomic mass is 10.1. The van der Waals surface area contributed by atoms with Crippen LogP contribution in [0.4, 0.5) is 8.78 Å². The molecule has 0 aliphatic heterocycles. The Hall–Kier alpha value is -1.46. The minimum Gasteiger partial charge on any atom is -0.489 e. The first-order chi connectivity index (χ1) is 9.49. The number of rotatable bonds is 4. The lowest BCUT2D eigenvalue weighted by Gasteiger charge is -2.11. The van der Waals surface area contributed by atoms with Gasteiger partial charge in [0.15, 0.2) is 0 Å². The van der Waals surface area contributed by atoms with Gasteiger partial charge >= 0.3 is 0 Å². The van der Waals surface area contributed by atoms with Crippen LogP contribution in [0, 0.1) is 11.6 Å². The number of halogens is 3. The van der Waals surface area contributed by atoms with E-state index in [-0.39, 0.29) is 22.7 Å². The van der Waals surface area contributed by atoms with Crippen molar-refractivity contribution in [3.8, 4) is 5.75 Å². The predicted octanol–water partition coefficient (Wildman–Crippen LogP) is 4.33. The Morgan fingerprint density at radius 1 is 1.25 bits per heavy atom. The molecule has 0 spiro atoms. The SMILES string of the molecule is C[C@@H](N)c1cccc(OCc2c(F)ccc(Br)c2F)c1. The van der Waals surface area contributed by atoms with E-state index in [2.05, 4.69) is 15.9 Å². The zero-order valence-corrected chi connectivity index (χ0v) is 12.5. The van der Waals surface area contributed by atoms with Gasteiger partial charge in [0.25, 0.3) is 0 Å². The number of hydrogen-bond donors (Lipinski definition) is 1. The van der Waals surface area contributed by atoms with Crippen LogP contribution in [-0.2, 0) is 6.61 Å². The summed E-state index contributed by atoms with van der Waals surface area (Å²) in [6.07, 6.45) is 0. The summed E-state index contributed by atoms with van der Waals surface area (Å²) in [7, 11) is 0. The molecule has 106 valence electrons. The van der Waals surface area contributed by atoms with Crippen molar-refractivity contribution in [2.24, 2.45) is 5.73 Å². The molecular weight excluding hydrogens is 328 g/mol. The molecule has 0 saturated carbocycles. The minimum atomic E-state index is -0.645. The maximum Gasteiger partial charge on any atom is 0.146 e. The highest BCUT2D eigenvalue weighted by Gasteiger charge is 2.13. The van der Waals surface area contributed by atoms with Crippen LogP contribution in [0.2, 0.25) is 0 Å². The quantitative estimate of drug-likeness (QED) is 0.840. The smallest absolute Gasteiger partial charge is 0.146 e. The molecule has 2 N–H and O–H groups in total. The van der Waals surface area contributed by atoms with Gasteiger partial charge in [0.05, 0.1) is 10.0 Å². The Labute approximate surface area is 124 Å². The van der Waals surface area contributed by atoms with Gasteiger partial charge < -0.3 is 10.5 Å². The molecule has 0 unspecified atom stereocenters. The van der Waals surface area contributed by atoms with Crippen molar-refractivity contribution in [3.63, 3.8) is 0 Å². The molecule has 0 aliphatic rings. The van der Waals surface area contributed by atoms with Crippen LogP contribution >= 0.6 is 15.9 Å². The summed E-state index contributed by atoms with van der Waals surface area (Å²) in [4.78, 5) is 0. The third-order valence-corrected chi connectivity index (χ3v) is 3.52. The van der Waals surface area contributed by atoms with Crippen molar-refractivity contribution in [2.45, 2.75) is 19.6 Å². The van der Waals surface area contributed by atoms with Gasteiger partial charge in [-0.1, -0.05) is 12.1 Å². The highest BCUT2D eigenvalue weighted by atomic mass is 79.9. The number of hydrogen-bond acceptors (Lipinski definition) is 2. The van der Waals surface area contributed by atoms with E-state index in [9.17, 15) is 8.78 Å². The summed E-state index contributed by atoms with van der Waals surface area (Å²) in [5, 5.41) is 0. The van der Waals surface area contributed by atoms with E-state index in [0.717, 1.165) is 5.56 Å². The van der Waals surface area contributed by atoms with Crippen molar-refractivity contribution in [3.05, 3.63) is 63.6 Å². The molecule has 0 bridgehead atoms. The zero-order chi connectivity index (χ0) is 14.7. The molecule has 0 aliphatic carbocycles. The molecule has 2 aromatic carbocycles. The van der Waals surface area contributed by atoms with E-state index < -0.39 is 11.6 Å². The summed E-state index contributed by atoms with van der Waals surface area (Å²) in [6, 6.07) is 9.55. The molecular formula is C15H14BrF2NO. The first kappa shape index (κ1) is 14.9. The molecule has 20 heavy (non-hydrogen) atoms. The molecule has 1 atom stereocenters. The van der Waals surface area contributed by atoms with E-state index in [1.54, 1.807) is 18.2 Å². The van der Waals surface area contributed by atoms with Crippen molar-refractivity contribution in [1.29, 1.82) is 0 Å². The Bertz CT molecular complexity index is 617. The molecule has 5 heteroatoms. The summed E-state index contributed by atoms with van der Waals surface area (Å²) < 4.78 is 33.0. The van der Waals surface area contributed by atoms with Crippen LogP contribution in [0.15, 0.2) is 40.9 Å². The van der Waals surface area contributed by atoms with Gasteiger partial charge in [-0.3, -0.25) is 0 Å². The van der Waals surface area contributed by atoms with Crippen LogP contribution in [0.3, 0.4) is 0 Å². The van der Waals surface area contributed by atoms with Crippen molar-refractivity contribution in [2.75, 3.05) is 0 Å². The molecule has 0 fully saturated rings. The van der Waals surface area contributed by atoms with Gasteiger partial charge in [0.2, 0.25) is 0 Å². The number of nitrogens with two attached hydrogens (primary N) is 1. The van der Waals surface area contributed by atoms with Crippen LogP contribution in [-0.4, -0.2) is 0 Å². The van der Waals surface area contributed by atoms with E-state index >= 15 is 0 Å². The summed E-state index contributed by atoms with van der Waals surface area (Å²) >= 11 is 3.02. The van der Waals surface area contributed by atoms with Crippen molar-refractivity contribution < 1.29 is 13.5 Å². The van der Waals surface area contributed by atoms with E-state index in [4.69, 9.17) is 10.5 Å². The fraction of sp³-hybridized carbons (Fsp3) is 0.200. The average molecular weight is 342 g/mol. The fourth-order valence-corrected chi connectivity index (χ4v) is 2.12. The predicted molar refractivity (Wildman–Crippen MR) is 77.4 cm³/mol. The normalized spacial score (nSPS) is 12.2. The van der Waals surface area contributed by atoms with Gasteiger partial charge in [-0.15, -0.1) is 0 Å². The second-order valence-corrected chi connectivity index (χ2v) is 5.33. The van der Waals surface area contributed by atoms with E-state index in [1.165, 1.54) is 12.1 Å². The monoisotopic (exact) mass is 341 g/mol. The Morgan fingerprint density at radius 2 is 2.00 bits per heavy atom. The standard InChI is InChI=1S/C15H14BrF2NO/c1-9(19)10-3-2-4-11(7-10)20-8-12-14(17)6-5-13(16)15(12)18/h2-7,9H,8,19H2,1H3/t9-/m1/s1. The zero-order valence-electron chi connectivity index (χ0n) is 10.9. The van der Waals surface area contributed by atoms with Crippen LogP contribution in [0.5, 0.6) is 5.75 Å². The molecule has 2 nitrogen and oxygen atoms in total. The largest absolute Gasteiger partial charge is 0.489 e. The third-order valence-electron chi connectivity index (χ3n) is 2.91. The third kappa shape index (κ3) is 3.35. The maximum absolute atomic E-state index is 13.8. The fourth-order valence-electron chi connectivity index (χ4n) is 1.74. The second-order valence-electron chi connectivity index (χ2n) is 4.47. The lowest BCUT2D eigenvalue weighted by Crippen LogP contribution is -2.06. The maximum atomic E-state index is 13.8. The van der Waals surface area contributed by atoms with Gasteiger partial charge in [-0.05, 0) is 52.7 Å². The molecule has 0 heterocycles. The number of ether oxygens (including phenoxy) is 1. The van der Waals surface area contributed by atoms with Crippen molar-refractivity contribution in [1.82, 2.24) is 0 Å². The summed E-state index contributed by atoms with van der Waals surface area (Å²) in [5.74, 6) is -0.749. The topological polar surface area (TPSA) is 35.2 Å². The summed E-state index contributed by atoms with van der Waals surface area (Å²) in [6.45, 7) is 1.67. The first-order valence-electron chi connectivity index (χ1n) is 6.09. The van der Waals surface area contributed by atoms with E-state index in [1.807, 2.05) is 13.0 Å². The van der Waals surface area contributed by atoms with Gasteiger partial charge in [-0.25, -0.2) is 8.78 Å². The molecule has 2 rings (SSSR count). The molecule has 0 aromatic heterocycles. The number of benzene rings is 2. The van der Waals surface area contributed by atoms with Crippen LogP contribution < -0.4 is 10.5 Å². The van der Waals surface area contributed by atoms with Crippen molar-refractivity contribution >= 4 is 15.9 Å². The molecule has 2 aromatic rings. The Kier molecular flexibility index (Phi) is 4.73. The first-order valence-corrected chi connectivity index (χ1v) is 6.89. The van der Waals surface area contributed by atoms with Gasteiger partial charge in [0.1, 0.15) is 24.0 Å². The Balaban J connectivity index is 2.17. The van der Waals surface area contributed by atoms with Gasteiger partial charge in [-0.2, -0.15) is 0 Å². The highest BCUT2D eigenvalue weighted by molar-refractivity contribution is 9.10.